The lowest BCUT2D eigenvalue weighted by Gasteiger charge is -2.18. The third kappa shape index (κ3) is 60.8. The Morgan fingerprint density at radius 1 is 0.257 bits per heavy atom. The molecule has 6 heteroatoms. The lowest BCUT2D eigenvalue weighted by Crippen LogP contribution is -2.30. The Kier molecular flexibility index (Phi) is 61.6. The SMILES string of the molecule is CCCC/C=C\CCCCCCCC(=O)OCC(COC(=O)CCCCCCCCCCCCCCCCCCCCCCC/C=C\CCCCCCCCCC)OC(=O)CCCCCCCCCCCCCC. The van der Waals surface area contributed by atoms with E-state index < -0.39 is 6.10 Å². The fourth-order valence-corrected chi connectivity index (χ4v) is 10.1. The number of hydrogen-bond acceptors (Lipinski definition) is 6. The molecule has 1 atom stereocenters. The molecule has 0 heterocycles. The molecular formula is C68H128O6. The molecule has 0 amide bonds. The van der Waals surface area contributed by atoms with Gasteiger partial charge in [0.05, 0.1) is 0 Å². The first-order valence-electron chi connectivity index (χ1n) is 33.3. The molecule has 0 spiro atoms. The van der Waals surface area contributed by atoms with E-state index in [0.717, 1.165) is 64.2 Å². The Labute approximate surface area is 462 Å². The van der Waals surface area contributed by atoms with Crippen molar-refractivity contribution in [2.45, 2.75) is 380 Å². The lowest BCUT2D eigenvalue weighted by atomic mass is 10.0. The molecule has 0 fully saturated rings. The quantitative estimate of drug-likeness (QED) is 0.0261. The molecule has 0 aliphatic carbocycles. The molecule has 436 valence electrons. The molecule has 0 aromatic rings. The highest BCUT2D eigenvalue weighted by Crippen LogP contribution is 2.18. The second-order valence-electron chi connectivity index (χ2n) is 22.7. The van der Waals surface area contributed by atoms with Crippen LogP contribution in [0.4, 0.5) is 0 Å². The minimum absolute atomic E-state index is 0.0680. The van der Waals surface area contributed by atoms with E-state index >= 15 is 0 Å². The van der Waals surface area contributed by atoms with Crippen molar-refractivity contribution in [1.29, 1.82) is 0 Å². The van der Waals surface area contributed by atoms with Crippen molar-refractivity contribution in [3.8, 4) is 0 Å². The smallest absolute Gasteiger partial charge is 0.306 e. The first-order valence-corrected chi connectivity index (χ1v) is 33.3. The predicted octanol–water partition coefficient (Wildman–Crippen LogP) is 22.6. The van der Waals surface area contributed by atoms with Gasteiger partial charge in [-0.15, -0.1) is 0 Å². The summed E-state index contributed by atoms with van der Waals surface area (Å²) in [5, 5.41) is 0. The Bertz CT molecular complexity index is 1190. The molecule has 6 nitrogen and oxygen atoms in total. The molecule has 0 rings (SSSR count). The average molecular weight is 1040 g/mol. The molecule has 0 aliphatic heterocycles. The van der Waals surface area contributed by atoms with Crippen molar-refractivity contribution in [2.75, 3.05) is 13.2 Å². The number of unbranched alkanes of at least 4 members (excludes halogenated alkanes) is 47. The van der Waals surface area contributed by atoms with Crippen LogP contribution in [0.5, 0.6) is 0 Å². The van der Waals surface area contributed by atoms with Crippen molar-refractivity contribution >= 4 is 17.9 Å². The maximum Gasteiger partial charge on any atom is 0.306 e. The van der Waals surface area contributed by atoms with Gasteiger partial charge in [0.15, 0.2) is 6.10 Å². The van der Waals surface area contributed by atoms with Gasteiger partial charge in [0.25, 0.3) is 0 Å². The number of allylic oxidation sites excluding steroid dienone is 4. The molecule has 0 aromatic carbocycles. The van der Waals surface area contributed by atoms with Crippen LogP contribution in [0, 0.1) is 0 Å². The van der Waals surface area contributed by atoms with E-state index in [4.69, 9.17) is 14.2 Å². The van der Waals surface area contributed by atoms with Crippen LogP contribution < -0.4 is 0 Å². The average Bonchev–Trinajstić information content (AvgIpc) is 3.40. The topological polar surface area (TPSA) is 78.9 Å². The predicted molar refractivity (Wildman–Crippen MR) is 321 cm³/mol. The van der Waals surface area contributed by atoms with Crippen LogP contribution in [0.3, 0.4) is 0 Å². The van der Waals surface area contributed by atoms with Gasteiger partial charge < -0.3 is 14.2 Å². The van der Waals surface area contributed by atoms with Crippen molar-refractivity contribution < 1.29 is 28.6 Å². The summed E-state index contributed by atoms with van der Waals surface area (Å²) in [7, 11) is 0. The van der Waals surface area contributed by atoms with Gasteiger partial charge in [-0.05, 0) is 64.2 Å². The maximum absolute atomic E-state index is 12.8. The molecule has 74 heavy (non-hydrogen) atoms. The van der Waals surface area contributed by atoms with E-state index in [0.29, 0.717) is 19.3 Å². The Morgan fingerprint density at radius 2 is 0.459 bits per heavy atom. The van der Waals surface area contributed by atoms with E-state index in [1.54, 1.807) is 0 Å². The fraction of sp³-hybridized carbons (Fsp3) is 0.897. The van der Waals surface area contributed by atoms with Crippen LogP contribution in [0.15, 0.2) is 24.3 Å². The molecule has 0 bridgehead atoms. The summed E-state index contributed by atoms with van der Waals surface area (Å²) in [6, 6.07) is 0. The number of esters is 3. The van der Waals surface area contributed by atoms with Gasteiger partial charge in [-0.1, -0.05) is 315 Å². The van der Waals surface area contributed by atoms with E-state index in [-0.39, 0.29) is 31.1 Å². The summed E-state index contributed by atoms with van der Waals surface area (Å²) < 4.78 is 16.9. The van der Waals surface area contributed by atoms with Gasteiger partial charge >= 0.3 is 17.9 Å². The van der Waals surface area contributed by atoms with Crippen LogP contribution in [0.25, 0.3) is 0 Å². The summed E-state index contributed by atoms with van der Waals surface area (Å²) in [6.07, 6.45) is 76.5. The zero-order chi connectivity index (χ0) is 53.6. The highest BCUT2D eigenvalue weighted by molar-refractivity contribution is 5.71. The van der Waals surface area contributed by atoms with Crippen LogP contribution in [0.2, 0.25) is 0 Å². The van der Waals surface area contributed by atoms with Gasteiger partial charge in [0, 0.05) is 19.3 Å². The molecular weight excluding hydrogens is 913 g/mol. The van der Waals surface area contributed by atoms with Gasteiger partial charge in [0.2, 0.25) is 0 Å². The van der Waals surface area contributed by atoms with Crippen molar-refractivity contribution in [3.05, 3.63) is 24.3 Å². The summed E-state index contributed by atoms with van der Waals surface area (Å²) in [4.78, 5) is 38.1. The van der Waals surface area contributed by atoms with Crippen LogP contribution in [0.1, 0.15) is 374 Å². The minimum Gasteiger partial charge on any atom is -0.462 e. The number of hydrogen-bond donors (Lipinski definition) is 0. The molecule has 0 radical (unpaired) electrons. The molecule has 1 unspecified atom stereocenters. The molecule has 0 saturated carbocycles. The second kappa shape index (κ2) is 63.4. The number of carbonyl (C=O) groups excluding carboxylic acids is 3. The molecule has 0 aromatic heterocycles. The highest BCUT2D eigenvalue weighted by Gasteiger charge is 2.19. The summed E-state index contributed by atoms with van der Waals surface area (Å²) >= 11 is 0. The zero-order valence-electron chi connectivity index (χ0n) is 50.1. The third-order valence-electron chi connectivity index (χ3n) is 15.2. The summed E-state index contributed by atoms with van der Waals surface area (Å²) in [6.45, 7) is 6.64. The van der Waals surface area contributed by atoms with Gasteiger partial charge in [-0.25, -0.2) is 0 Å². The summed E-state index contributed by atoms with van der Waals surface area (Å²) in [5.74, 6) is -0.855. The number of rotatable bonds is 62. The van der Waals surface area contributed by atoms with E-state index in [1.165, 1.54) is 270 Å². The van der Waals surface area contributed by atoms with E-state index in [9.17, 15) is 14.4 Å². The first-order chi connectivity index (χ1) is 36.5. The fourth-order valence-electron chi connectivity index (χ4n) is 10.1. The monoisotopic (exact) mass is 1040 g/mol. The van der Waals surface area contributed by atoms with Crippen molar-refractivity contribution in [1.82, 2.24) is 0 Å². The maximum atomic E-state index is 12.8. The molecule has 0 aliphatic rings. The normalized spacial score (nSPS) is 12.1. The van der Waals surface area contributed by atoms with Gasteiger partial charge in [0.1, 0.15) is 13.2 Å². The van der Waals surface area contributed by atoms with Crippen molar-refractivity contribution in [3.63, 3.8) is 0 Å². The largest absolute Gasteiger partial charge is 0.462 e. The number of carbonyl (C=O) groups is 3. The minimum atomic E-state index is -0.769. The van der Waals surface area contributed by atoms with Crippen molar-refractivity contribution in [2.24, 2.45) is 0 Å². The third-order valence-corrected chi connectivity index (χ3v) is 15.2. The Balaban J connectivity index is 3.98. The van der Waals surface area contributed by atoms with Gasteiger partial charge in [-0.2, -0.15) is 0 Å². The van der Waals surface area contributed by atoms with E-state index in [1.807, 2.05) is 0 Å². The summed E-state index contributed by atoms with van der Waals surface area (Å²) in [5.41, 5.74) is 0. The van der Waals surface area contributed by atoms with Crippen LogP contribution >= 0.6 is 0 Å². The first kappa shape index (κ1) is 71.9. The van der Waals surface area contributed by atoms with E-state index in [2.05, 4.69) is 45.1 Å². The Morgan fingerprint density at radius 3 is 0.716 bits per heavy atom. The Hall–Kier alpha value is -2.11. The molecule has 0 N–H and O–H groups in total. The van der Waals surface area contributed by atoms with Crippen LogP contribution in [-0.4, -0.2) is 37.2 Å². The highest BCUT2D eigenvalue weighted by atomic mass is 16.6. The second-order valence-corrected chi connectivity index (χ2v) is 22.7. The lowest BCUT2D eigenvalue weighted by molar-refractivity contribution is -0.167. The number of ether oxygens (including phenoxy) is 3. The van der Waals surface area contributed by atoms with Crippen LogP contribution in [-0.2, 0) is 28.6 Å². The standard InChI is InChI=1S/C68H128O6/c1-4-7-10-13-16-19-22-24-25-26-27-28-29-30-31-32-33-34-35-36-37-38-39-40-41-42-43-44-47-49-52-55-58-61-67(70)73-64-65(63-72-66(69)60-57-54-51-48-45-21-18-15-12-9-6-3)74-68(71)62-59-56-53-50-46-23-20-17-14-11-8-5-2/h15,18,26-27,65H,4-14,16-17,19-25,28-64H2,1-3H3/b18-15-,27-26-. The molecule has 0 saturated heterocycles. The zero-order valence-corrected chi connectivity index (χ0v) is 50.1. The van der Waals surface area contributed by atoms with Gasteiger partial charge in [-0.3, -0.25) is 14.4 Å².